The molecule has 0 atom stereocenters. The second kappa shape index (κ2) is 7.29. The second-order valence-corrected chi connectivity index (χ2v) is 7.49. The third-order valence-corrected chi connectivity index (χ3v) is 5.57. The number of benzene rings is 2. The molecule has 1 amide bonds. The molecule has 5 rings (SSSR count). The van der Waals surface area contributed by atoms with Crippen LogP contribution in [0.2, 0.25) is 0 Å². The van der Waals surface area contributed by atoms with Crippen molar-refractivity contribution in [3.63, 3.8) is 0 Å². The summed E-state index contributed by atoms with van der Waals surface area (Å²) in [7, 11) is 1.93. The maximum atomic E-state index is 12.6. The lowest BCUT2D eigenvalue weighted by Crippen LogP contribution is -2.48. The molecular weight excluding hydrogens is 380 g/mol. The number of carbonyl (C=O) groups excluding carboxylic acids is 1. The molecule has 0 unspecified atom stereocenters. The zero-order chi connectivity index (χ0) is 20.7. The van der Waals surface area contributed by atoms with Crippen molar-refractivity contribution < 1.29 is 9.32 Å². The van der Waals surface area contributed by atoms with E-state index in [0.29, 0.717) is 43.6 Å². The van der Waals surface area contributed by atoms with Crippen molar-refractivity contribution >= 4 is 22.8 Å². The van der Waals surface area contributed by atoms with Gasteiger partial charge in [-0.15, -0.1) is 0 Å². The van der Waals surface area contributed by atoms with Crippen LogP contribution >= 0.6 is 0 Å². The standard InChI is InChI=1S/C22H22N6O2/c1-15-18-9-8-17(14-19(18)26(2)24-15)20-23-22(30-25-20)28-12-10-27(11-13-28)21(29)16-6-4-3-5-7-16/h3-9,14H,10-13H2,1-2H3. The van der Waals surface area contributed by atoms with Crippen LogP contribution in [-0.4, -0.2) is 56.9 Å². The summed E-state index contributed by atoms with van der Waals surface area (Å²) >= 11 is 0. The van der Waals surface area contributed by atoms with E-state index in [-0.39, 0.29) is 5.91 Å². The summed E-state index contributed by atoms with van der Waals surface area (Å²) in [4.78, 5) is 21.1. The Hall–Kier alpha value is -3.68. The van der Waals surface area contributed by atoms with Crippen LogP contribution in [0.3, 0.4) is 0 Å². The van der Waals surface area contributed by atoms with Crippen molar-refractivity contribution in [1.29, 1.82) is 0 Å². The van der Waals surface area contributed by atoms with E-state index in [4.69, 9.17) is 4.52 Å². The molecule has 1 aliphatic heterocycles. The van der Waals surface area contributed by atoms with E-state index < -0.39 is 0 Å². The number of aromatic nitrogens is 4. The minimum absolute atomic E-state index is 0.0567. The van der Waals surface area contributed by atoms with Gasteiger partial charge in [-0.3, -0.25) is 9.48 Å². The van der Waals surface area contributed by atoms with Crippen molar-refractivity contribution in [3.05, 3.63) is 59.8 Å². The summed E-state index contributed by atoms with van der Waals surface area (Å²) in [6.07, 6.45) is 0. The molecule has 30 heavy (non-hydrogen) atoms. The highest BCUT2D eigenvalue weighted by molar-refractivity contribution is 5.94. The molecule has 1 fully saturated rings. The Bertz CT molecular complexity index is 1210. The van der Waals surface area contributed by atoms with E-state index in [1.807, 2.05) is 77.0 Å². The molecule has 8 nitrogen and oxygen atoms in total. The summed E-state index contributed by atoms with van der Waals surface area (Å²) in [5.41, 5.74) is 3.63. The zero-order valence-corrected chi connectivity index (χ0v) is 16.9. The van der Waals surface area contributed by atoms with Crippen molar-refractivity contribution in [1.82, 2.24) is 24.8 Å². The first-order valence-corrected chi connectivity index (χ1v) is 9.97. The fraction of sp³-hybridized carbons (Fsp3) is 0.273. The third-order valence-electron chi connectivity index (χ3n) is 5.57. The van der Waals surface area contributed by atoms with Crippen molar-refractivity contribution in [2.24, 2.45) is 7.05 Å². The van der Waals surface area contributed by atoms with E-state index in [1.165, 1.54) is 0 Å². The van der Waals surface area contributed by atoms with Crippen LogP contribution in [0.5, 0.6) is 0 Å². The van der Waals surface area contributed by atoms with Gasteiger partial charge in [-0.1, -0.05) is 35.5 Å². The SMILES string of the molecule is Cc1nn(C)c2cc(-c3noc(N4CCN(C(=O)c5ccccc5)CC4)n3)ccc12. The monoisotopic (exact) mass is 402 g/mol. The van der Waals surface area contributed by atoms with Crippen LogP contribution in [0.4, 0.5) is 6.01 Å². The molecule has 0 bridgehead atoms. The van der Waals surface area contributed by atoms with Crippen LogP contribution in [0.25, 0.3) is 22.3 Å². The number of aryl methyl sites for hydroxylation is 2. The molecule has 1 saturated heterocycles. The molecule has 2 aromatic heterocycles. The van der Waals surface area contributed by atoms with E-state index in [0.717, 1.165) is 22.2 Å². The molecule has 152 valence electrons. The third kappa shape index (κ3) is 3.20. The molecular formula is C22H22N6O2. The van der Waals surface area contributed by atoms with Gasteiger partial charge in [0.2, 0.25) is 5.82 Å². The van der Waals surface area contributed by atoms with E-state index >= 15 is 0 Å². The maximum Gasteiger partial charge on any atom is 0.324 e. The quantitative estimate of drug-likeness (QED) is 0.524. The van der Waals surface area contributed by atoms with Crippen LogP contribution in [-0.2, 0) is 7.05 Å². The highest BCUT2D eigenvalue weighted by Gasteiger charge is 2.25. The van der Waals surface area contributed by atoms with Crippen LogP contribution < -0.4 is 4.90 Å². The van der Waals surface area contributed by atoms with Gasteiger partial charge in [-0.2, -0.15) is 10.1 Å². The van der Waals surface area contributed by atoms with Crippen LogP contribution in [0.15, 0.2) is 53.1 Å². The van der Waals surface area contributed by atoms with Crippen LogP contribution in [0.1, 0.15) is 16.1 Å². The Morgan fingerprint density at radius 3 is 2.57 bits per heavy atom. The lowest BCUT2D eigenvalue weighted by Gasteiger charge is -2.33. The normalized spacial score (nSPS) is 14.5. The van der Waals surface area contributed by atoms with Gasteiger partial charge in [0.1, 0.15) is 0 Å². The Balaban J connectivity index is 1.30. The van der Waals surface area contributed by atoms with Gasteiger partial charge >= 0.3 is 6.01 Å². The molecule has 4 aromatic rings. The van der Waals surface area contributed by atoms with Gasteiger partial charge in [-0.25, -0.2) is 0 Å². The Labute approximate surface area is 173 Å². The highest BCUT2D eigenvalue weighted by Crippen LogP contribution is 2.26. The number of hydrogen-bond donors (Lipinski definition) is 0. The van der Waals surface area contributed by atoms with Gasteiger partial charge in [0.05, 0.1) is 11.2 Å². The molecule has 0 saturated carbocycles. The smallest absolute Gasteiger partial charge is 0.324 e. The zero-order valence-electron chi connectivity index (χ0n) is 16.9. The number of carbonyl (C=O) groups is 1. The fourth-order valence-electron chi connectivity index (χ4n) is 3.90. The number of rotatable bonds is 3. The lowest BCUT2D eigenvalue weighted by molar-refractivity contribution is 0.0744. The summed E-state index contributed by atoms with van der Waals surface area (Å²) in [6, 6.07) is 15.9. The van der Waals surface area contributed by atoms with Gasteiger partial charge < -0.3 is 14.3 Å². The summed E-state index contributed by atoms with van der Waals surface area (Å²) in [5, 5.41) is 9.74. The Morgan fingerprint density at radius 2 is 1.80 bits per heavy atom. The topological polar surface area (TPSA) is 80.3 Å². The van der Waals surface area contributed by atoms with Gasteiger partial charge in [0, 0.05) is 49.7 Å². The maximum absolute atomic E-state index is 12.6. The first-order chi connectivity index (χ1) is 14.6. The summed E-state index contributed by atoms with van der Waals surface area (Å²) in [6.45, 7) is 4.54. The first kappa shape index (κ1) is 18.4. The molecule has 1 aliphatic rings. The predicted octanol–water partition coefficient (Wildman–Crippen LogP) is 2.89. The van der Waals surface area contributed by atoms with Crippen molar-refractivity contribution in [2.75, 3.05) is 31.1 Å². The van der Waals surface area contributed by atoms with Crippen LogP contribution in [0, 0.1) is 6.92 Å². The molecule has 2 aromatic carbocycles. The number of hydrogen-bond acceptors (Lipinski definition) is 6. The second-order valence-electron chi connectivity index (χ2n) is 7.49. The molecule has 0 spiro atoms. The molecule has 3 heterocycles. The Morgan fingerprint density at radius 1 is 1.03 bits per heavy atom. The largest absolute Gasteiger partial charge is 0.335 e. The minimum Gasteiger partial charge on any atom is -0.335 e. The van der Waals surface area contributed by atoms with Crippen molar-refractivity contribution in [2.45, 2.75) is 6.92 Å². The lowest BCUT2D eigenvalue weighted by atomic mass is 10.1. The number of amides is 1. The number of piperazine rings is 1. The fourth-order valence-corrected chi connectivity index (χ4v) is 3.90. The average Bonchev–Trinajstić information content (AvgIpc) is 3.39. The molecule has 0 radical (unpaired) electrons. The minimum atomic E-state index is 0.0567. The average molecular weight is 402 g/mol. The van der Waals surface area contributed by atoms with E-state index in [1.54, 1.807) is 0 Å². The predicted molar refractivity (Wildman–Crippen MR) is 113 cm³/mol. The van der Waals surface area contributed by atoms with E-state index in [9.17, 15) is 4.79 Å². The summed E-state index contributed by atoms with van der Waals surface area (Å²) in [5.74, 6) is 0.606. The number of fused-ring (bicyclic) bond motifs is 1. The molecule has 8 heteroatoms. The molecule has 0 N–H and O–H groups in total. The first-order valence-electron chi connectivity index (χ1n) is 9.97. The molecule has 0 aliphatic carbocycles. The number of anilines is 1. The van der Waals surface area contributed by atoms with Gasteiger partial charge in [0.25, 0.3) is 5.91 Å². The van der Waals surface area contributed by atoms with Crippen molar-refractivity contribution in [3.8, 4) is 11.4 Å². The van der Waals surface area contributed by atoms with Gasteiger partial charge in [0.15, 0.2) is 0 Å². The van der Waals surface area contributed by atoms with Gasteiger partial charge in [-0.05, 0) is 25.1 Å². The number of nitrogens with zero attached hydrogens (tertiary/aromatic N) is 6. The summed E-state index contributed by atoms with van der Waals surface area (Å²) < 4.78 is 7.38. The van der Waals surface area contributed by atoms with E-state index in [2.05, 4.69) is 15.2 Å². The Kier molecular flexibility index (Phi) is 4.46. The highest BCUT2D eigenvalue weighted by atomic mass is 16.5.